The van der Waals surface area contributed by atoms with Crippen molar-refractivity contribution in [3.05, 3.63) is 40.8 Å². The molecule has 1 amide bonds. The first kappa shape index (κ1) is 19.8. The molecule has 0 bridgehead atoms. The summed E-state index contributed by atoms with van der Waals surface area (Å²) < 4.78 is 10.6. The van der Waals surface area contributed by atoms with Crippen molar-refractivity contribution in [1.82, 2.24) is 4.90 Å². The van der Waals surface area contributed by atoms with E-state index >= 15 is 0 Å². The number of nitrogens with one attached hydrogen (secondary N) is 1. The Morgan fingerprint density at radius 3 is 2.69 bits per heavy atom. The van der Waals surface area contributed by atoms with Gasteiger partial charge in [0, 0.05) is 6.54 Å². The Bertz CT molecular complexity index is 798. The maximum Gasteiger partial charge on any atom is 0.242 e. The lowest BCUT2D eigenvalue weighted by molar-refractivity contribution is -0.120. The van der Waals surface area contributed by atoms with Crippen molar-refractivity contribution in [2.75, 3.05) is 33.1 Å². The summed E-state index contributed by atoms with van der Waals surface area (Å²) in [5.74, 6) is 1.26. The van der Waals surface area contributed by atoms with Crippen LogP contribution in [0.15, 0.2) is 29.6 Å². The van der Waals surface area contributed by atoms with Crippen LogP contribution >= 0.6 is 11.3 Å². The fourth-order valence-electron chi connectivity index (χ4n) is 2.45. The normalized spacial score (nSPS) is 11.7. The standard InChI is InChI=1S/C19H23N3O3S/c1-13(18(23)21-19-15(12-20)8-10-26-19)22(2)9-7-14-5-6-16(24-3)17(11-14)25-4/h5-6,8,10-11,13H,7,9H2,1-4H3,(H,21,23)/t13-/m1/s1. The second-order valence-electron chi connectivity index (χ2n) is 5.86. The summed E-state index contributed by atoms with van der Waals surface area (Å²) in [5, 5.41) is 14.3. The molecule has 2 aromatic rings. The zero-order chi connectivity index (χ0) is 19.1. The van der Waals surface area contributed by atoms with E-state index in [1.54, 1.807) is 25.7 Å². The highest BCUT2D eigenvalue weighted by molar-refractivity contribution is 7.14. The number of hydrogen-bond acceptors (Lipinski definition) is 6. The number of amides is 1. The van der Waals surface area contributed by atoms with Gasteiger partial charge in [0.25, 0.3) is 0 Å². The van der Waals surface area contributed by atoms with E-state index in [0.717, 1.165) is 12.0 Å². The van der Waals surface area contributed by atoms with Crippen LogP contribution in [0, 0.1) is 11.3 Å². The van der Waals surface area contributed by atoms with Gasteiger partial charge in [0.1, 0.15) is 11.1 Å². The lowest BCUT2D eigenvalue weighted by Gasteiger charge is -2.23. The van der Waals surface area contributed by atoms with Crippen LogP contribution in [0.25, 0.3) is 0 Å². The quantitative estimate of drug-likeness (QED) is 0.769. The van der Waals surface area contributed by atoms with Gasteiger partial charge in [-0.05, 0) is 49.5 Å². The van der Waals surface area contributed by atoms with Gasteiger partial charge in [0.15, 0.2) is 11.5 Å². The van der Waals surface area contributed by atoms with E-state index in [1.807, 2.05) is 37.1 Å². The smallest absolute Gasteiger partial charge is 0.242 e. The van der Waals surface area contributed by atoms with Crippen molar-refractivity contribution in [2.45, 2.75) is 19.4 Å². The molecule has 2 rings (SSSR count). The molecule has 1 atom stereocenters. The highest BCUT2D eigenvalue weighted by Crippen LogP contribution is 2.28. The number of hydrogen-bond donors (Lipinski definition) is 1. The number of anilines is 1. The number of methoxy groups -OCH3 is 2. The van der Waals surface area contributed by atoms with E-state index in [1.165, 1.54) is 11.3 Å². The van der Waals surface area contributed by atoms with Crippen molar-refractivity contribution in [3.8, 4) is 17.6 Å². The molecule has 1 aromatic heterocycles. The Morgan fingerprint density at radius 1 is 1.31 bits per heavy atom. The SMILES string of the molecule is COc1ccc(CCN(C)[C@H](C)C(=O)Nc2sccc2C#N)cc1OC. The Balaban J connectivity index is 1.93. The number of likely N-dealkylation sites (N-methyl/N-ethyl adjacent to an activating group) is 1. The van der Waals surface area contributed by atoms with E-state index in [-0.39, 0.29) is 11.9 Å². The third-order valence-electron chi connectivity index (χ3n) is 4.26. The Hall–Kier alpha value is -2.56. The molecule has 138 valence electrons. The van der Waals surface area contributed by atoms with E-state index < -0.39 is 0 Å². The van der Waals surface area contributed by atoms with Crippen LogP contribution in [0.5, 0.6) is 11.5 Å². The molecule has 1 heterocycles. The minimum atomic E-state index is -0.316. The van der Waals surface area contributed by atoms with Gasteiger partial charge in [-0.15, -0.1) is 11.3 Å². The van der Waals surface area contributed by atoms with Crippen LogP contribution in [-0.2, 0) is 11.2 Å². The third kappa shape index (κ3) is 4.75. The van der Waals surface area contributed by atoms with Gasteiger partial charge in [-0.2, -0.15) is 5.26 Å². The molecule has 0 saturated carbocycles. The number of nitriles is 1. The maximum absolute atomic E-state index is 12.4. The monoisotopic (exact) mass is 373 g/mol. The van der Waals surface area contributed by atoms with Gasteiger partial charge in [-0.1, -0.05) is 6.07 Å². The molecule has 0 fully saturated rings. The number of thiophene rings is 1. The zero-order valence-electron chi connectivity index (χ0n) is 15.4. The van der Waals surface area contributed by atoms with Crippen LogP contribution in [0.1, 0.15) is 18.1 Å². The van der Waals surface area contributed by atoms with Crippen molar-refractivity contribution in [2.24, 2.45) is 0 Å². The highest BCUT2D eigenvalue weighted by Gasteiger charge is 2.19. The molecule has 0 unspecified atom stereocenters. The molecular formula is C19H23N3O3S. The largest absolute Gasteiger partial charge is 0.493 e. The molecule has 26 heavy (non-hydrogen) atoms. The van der Waals surface area contributed by atoms with E-state index in [2.05, 4.69) is 11.4 Å². The number of carbonyl (C=O) groups is 1. The molecular weight excluding hydrogens is 350 g/mol. The molecule has 0 spiro atoms. The minimum Gasteiger partial charge on any atom is -0.493 e. The van der Waals surface area contributed by atoms with Gasteiger partial charge in [0.2, 0.25) is 5.91 Å². The van der Waals surface area contributed by atoms with E-state index in [0.29, 0.717) is 28.6 Å². The van der Waals surface area contributed by atoms with E-state index in [4.69, 9.17) is 14.7 Å². The number of nitrogens with zero attached hydrogens (tertiary/aromatic N) is 2. The van der Waals surface area contributed by atoms with Gasteiger partial charge >= 0.3 is 0 Å². The molecule has 1 aromatic carbocycles. The first-order valence-electron chi connectivity index (χ1n) is 8.19. The zero-order valence-corrected chi connectivity index (χ0v) is 16.2. The predicted molar refractivity (Wildman–Crippen MR) is 103 cm³/mol. The fraction of sp³-hybridized carbons (Fsp3) is 0.368. The van der Waals surface area contributed by atoms with E-state index in [9.17, 15) is 4.79 Å². The lowest BCUT2D eigenvalue weighted by Crippen LogP contribution is -2.40. The number of ether oxygens (including phenoxy) is 2. The first-order valence-corrected chi connectivity index (χ1v) is 9.07. The second-order valence-corrected chi connectivity index (χ2v) is 6.78. The van der Waals surface area contributed by atoms with Crippen molar-refractivity contribution in [1.29, 1.82) is 5.26 Å². The average molecular weight is 373 g/mol. The molecule has 7 heteroatoms. The van der Waals surface area contributed by atoms with Crippen LogP contribution in [0.4, 0.5) is 5.00 Å². The Kier molecular flexibility index (Phi) is 7.01. The maximum atomic E-state index is 12.4. The summed E-state index contributed by atoms with van der Waals surface area (Å²) in [5.41, 5.74) is 1.59. The van der Waals surface area contributed by atoms with Crippen molar-refractivity contribution >= 4 is 22.2 Å². The summed E-state index contributed by atoms with van der Waals surface area (Å²) in [6.07, 6.45) is 0.775. The average Bonchev–Trinajstić information content (AvgIpc) is 3.12. The van der Waals surface area contributed by atoms with Crippen LogP contribution in [-0.4, -0.2) is 44.7 Å². The number of carbonyl (C=O) groups excluding carboxylic acids is 1. The van der Waals surface area contributed by atoms with Crippen molar-refractivity contribution in [3.63, 3.8) is 0 Å². The van der Waals surface area contributed by atoms with Crippen LogP contribution in [0.2, 0.25) is 0 Å². The van der Waals surface area contributed by atoms with Crippen LogP contribution in [0.3, 0.4) is 0 Å². The van der Waals surface area contributed by atoms with Gasteiger partial charge in [-0.3, -0.25) is 9.69 Å². The summed E-state index contributed by atoms with van der Waals surface area (Å²) in [4.78, 5) is 14.4. The summed E-state index contributed by atoms with van der Waals surface area (Å²) >= 11 is 1.35. The molecule has 0 aliphatic rings. The molecule has 6 nitrogen and oxygen atoms in total. The van der Waals surface area contributed by atoms with Gasteiger partial charge in [0.05, 0.1) is 25.8 Å². The topological polar surface area (TPSA) is 74.6 Å². The van der Waals surface area contributed by atoms with Gasteiger partial charge < -0.3 is 14.8 Å². The molecule has 0 aliphatic carbocycles. The minimum absolute atomic E-state index is 0.126. The second kappa shape index (κ2) is 9.22. The number of benzene rings is 1. The predicted octanol–water partition coefficient (Wildman–Crippen LogP) is 3.14. The summed E-state index contributed by atoms with van der Waals surface area (Å²) in [6.45, 7) is 2.56. The van der Waals surface area contributed by atoms with Crippen molar-refractivity contribution < 1.29 is 14.3 Å². The third-order valence-corrected chi connectivity index (χ3v) is 5.09. The summed E-state index contributed by atoms with van der Waals surface area (Å²) in [7, 11) is 5.13. The van der Waals surface area contributed by atoms with Crippen LogP contribution < -0.4 is 14.8 Å². The molecule has 1 N–H and O–H groups in total. The first-order chi connectivity index (χ1) is 12.5. The Labute approximate surface area is 158 Å². The van der Waals surface area contributed by atoms with Gasteiger partial charge in [-0.25, -0.2) is 0 Å². The molecule has 0 radical (unpaired) electrons. The molecule has 0 aliphatic heterocycles. The summed E-state index contributed by atoms with van der Waals surface area (Å²) in [6, 6.07) is 9.28. The Morgan fingerprint density at radius 2 is 2.04 bits per heavy atom. The molecule has 0 saturated heterocycles. The fourth-order valence-corrected chi connectivity index (χ4v) is 3.19. The lowest BCUT2D eigenvalue weighted by atomic mass is 10.1. The number of rotatable bonds is 8. The highest BCUT2D eigenvalue weighted by atomic mass is 32.1.